The molecule has 0 bridgehead atoms. The van der Waals surface area contributed by atoms with Gasteiger partial charge in [0, 0.05) is 13.1 Å². The molecule has 1 fully saturated rings. The second-order valence-corrected chi connectivity index (χ2v) is 4.77. The van der Waals surface area contributed by atoms with Crippen molar-refractivity contribution in [2.45, 2.75) is 6.42 Å². The monoisotopic (exact) mass is 288 g/mol. The summed E-state index contributed by atoms with van der Waals surface area (Å²) in [6.07, 6.45) is 0.620. The van der Waals surface area contributed by atoms with Gasteiger partial charge in [0.1, 0.15) is 5.75 Å². The number of carbonyl (C=O) groups is 2. The molecule has 110 valence electrons. The number of esters is 1. The van der Waals surface area contributed by atoms with Crippen molar-refractivity contribution in [2.75, 3.05) is 26.8 Å². The topological polar surface area (TPSA) is 79.6 Å². The summed E-state index contributed by atoms with van der Waals surface area (Å²) < 4.78 is 10.1. The van der Waals surface area contributed by atoms with E-state index in [0.717, 1.165) is 0 Å². The van der Waals surface area contributed by atoms with Gasteiger partial charge in [0.2, 0.25) is 0 Å². The number of methoxy groups -OCH3 is 1. The lowest BCUT2D eigenvalue weighted by Gasteiger charge is -2.16. The maximum Gasteiger partial charge on any atom is 0.310 e. The van der Waals surface area contributed by atoms with E-state index in [1.165, 1.54) is 7.11 Å². The molecule has 1 unspecified atom stereocenters. The van der Waals surface area contributed by atoms with Crippen LogP contribution in [0.4, 0.5) is 0 Å². The maximum atomic E-state index is 12.0. The molecule has 0 aliphatic carbocycles. The fourth-order valence-electron chi connectivity index (χ4n) is 2.21. The van der Waals surface area contributed by atoms with Crippen LogP contribution < -0.4 is 4.74 Å². The summed E-state index contributed by atoms with van der Waals surface area (Å²) in [7, 11) is 1.35. The zero-order valence-electron chi connectivity index (χ0n) is 11.7. The fraction of sp³-hybridized carbons (Fsp3) is 0.400. The average Bonchev–Trinajstić information content (AvgIpc) is 3.02. The summed E-state index contributed by atoms with van der Waals surface area (Å²) in [5.41, 5.74) is 0.536. The van der Waals surface area contributed by atoms with Crippen LogP contribution in [0.2, 0.25) is 0 Å². The molecule has 1 heterocycles. The zero-order valence-corrected chi connectivity index (χ0v) is 11.7. The van der Waals surface area contributed by atoms with E-state index in [1.807, 2.05) is 6.07 Å². The highest BCUT2D eigenvalue weighted by Gasteiger charge is 2.31. The molecule has 0 N–H and O–H groups in total. The molecule has 6 nitrogen and oxygen atoms in total. The third kappa shape index (κ3) is 3.72. The molecular formula is C15H16N2O4. The molecule has 1 aromatic rings. The lowest BCUT2D eigenvalue weighted by atomic mass is 10.1. The van der Waals surface area contributed by atoms with Crippen molar-refractivity contribution in [1.29, 1.82) is 5.26 Å². The molecule has 21 heavy (non-hydrogen) atoms. The third-order valence-corrected chi connectivity index (χ3v) is 3.42. The van der Waals surface area contributed by atoms with Crippen LogP contribution in [0.1, 0.15) is 12.0 Å². The number of ether oxygens (including phenoxy) is 2. The summed E-state index contributed by atoms with van der Waals surface area (Å²) in [6.45, 7) is 0.831. The van der Waals surface area contributed by atoms with Crippen molar-refractivity contribution in [3.63, 3.8) is 0 Å². The SMILES string of the molecule is COC(=O)C1CCN(C(=O)COc2ccc(C#N)cc2)C1. The number of nitrogens with zero attached hydrogens (tertiary/aromatic N) is 2. The Morgan fingerprint density at radius 1 is 1.38 bits per heavy atom. The molecule has 1 saturated heterocycles. The minimum absolute atomic E-state index is 0.0835. The molecule has 0 saturated carbocycles. The Hall–Kier alpha value is -2.55. The van der Waals surface area contributed by atoms with Gasteiger partial charge >= 0.3 is 5.97 Å². The molecule has 2 rings (SSSR count). The fourth-order valence-corrected chi connectivity index (χ4v) is 2.21. The summed E-state index contributed by atoms with van der Waals surface area (Å²) in [4.78, 5) is 25.0. The van der Waals surface area contributed by atoms with E-state index >= 15 is 0 Å². The first-order valence-electron chi connectivity index (χ1n) is 6.62. The van der Waals surface area contributed by atoms with Crippen LogP contribution in [-0.2, 0) is 14.3 Å². The van der Waals surface area contributed by atoms with Gasteiger partial charge in [-0.15, -0.1) is 0 Å². The molecule has 1 aromatic carbocycles. The Balaban J connectivity index is 1.82. The molecule has 6 heteroatoms. The van der Waals surface area contributed by atoms with E-state index in [0.29, 0.717) is 30.8 Å². The number of likely N-dealkylation sites (tertiary alicyclic amines) is 1. The molecule has 0 spiro atoms. The molecular weight excluding hydrogens is 272 g/mol. The van der Waals surface area contributed by atoms with Crippen molar-refractivity contribution in [1.82, 2.24) is 4.90 Å². The summed E-state index contributed by atoms with van der Waals surface area (Å²) >= 11 is 0. The highest BCUT2D eigenvalue weighted by Crippen LogP contribution is 2.18. The zero-order chi connectivity index (χ0) is 15.2. The lowest BCUT2D eigenvalue weighted by Crippen LogP contribution is -2.34. The second kappa shape index (κ2) is 6.75. The van der Waals surface area contributed by atoms with Crippen LogP contribution in [0, 0.1) is 17.2 Å². The first kappa shape index (κ1) is 14.9. The van der Waals surface area contributed by atoms with E-state index < -0.39 is 0 Å². The van der Waals surface area contributed by atoms with Gasteiger partial charge in [-0.2, -0.15) is 5.26 Å². The Morgan fingerprint density at radius 3 is 2.71 bits per heavy atom. The van der Waals surface area contributed by atoms with Crippen molar-refractivity contribution in [3.05, 3.63) is 29.8 Å². The van der Waals surface area contributed by atoms with Crippen LogP contribution in [0.3, 0.4) is 0 Å². The number of rotatable bonds is 4. The summed E-state index contributed by atoms with van der Waals surface area (Å²) in [6, 6.07) is 8.56. The van der Waals surface area contributed by atoms with E-state index in [2.05, 4.69) is 4.74 Å². The summed E-state index contributed by atoms with van der Waals surface area (Å²) in [5.74, 6) is -0.149. The third-order valence-electron chi connectivity index (χ3n) is 3.42. The van der Waals surface area contributed by atoms with Crippen molar-refractivity contribution in [3.8, 4) is 11.8 Å². The number of hydrogen-bond acceptors (Lipinski definition) is 5. The lowest BCUT2D eigenvalue weighted by molar-refractivity contribution is -0.145. The van der Waals surface area contributed by atoms with Crippen LogP contribution in [0.5, 0.6) is 5.75 Å². The molecule has 1 aliphatic heterocycles. The van der Waals surface area contributed by atoms with Gasteiger partial charge < -0.3 is 14.4 Å². The minimum atomic E-state index is -0.279. The molecule has 1 aliphatic rings. The van der Waals surface area contributed by atoms with Gasteiger partial charge in [0.25, 0.3) is 5.91 Å². The molecule has 0 aromatic heterocycles. The quantitative estimate of drug-likeness (QED) is 0.771. The highest BCUT2D eigenvalue weighted by molar-refractivity contribution is 5.80. The van der Waals surface area contributed by atoms with E-state index in [-0.39, 0.29) is 24.4 Å². The number of nitriles is 1. The number of amides is 1. The van der Waals surface area contributed by atoms with Gasteiger partial charge in [-0.1, -0.05) is 0 Å². The number of hydrogen-bond donors (Lipinski definition) is 0. The summed E-state index contributed by atoms with van der Waals surface area (Å²) in [5, 5.41) is 8.69. The smallest absolute Gasteiger partial charge is 0.310 e. The normalized spacial score (nSPS) is 17.1. The highest BCUT2D eigenvalue weighted by atomic mass is 16.5. The van der Waals surface area contributed by atoms with Crippen LogP contribution in [0.25, 0.3) is 0 Å². The van der Waals surface area contributed by atoms with Crippen molar-refractivity contribution in [2.24, 2.45) is 5.92 Å². The van der Waals surface area contributed by atoms with E-state index in [1.54, 1.807) is 29.2 Å². The van der Waals surface area contributed by atoms with E-state index in [4.69, 9.17) is 10.00 Å². The van der Waals surface area contributed by atoms with Gasteiger partial charge in [0.15, 0.2) is 6.61 Å². The Kier molecular flexibility index (Phi) is 4.77. The first-order valence-corrected chi connectivity index (χ1v) is 6.62. The predicted octanol–water partition coefficient (Wildman–Crippen LogP) is 0.959. The number of carbonyl (C=O) groups excluding carboxylic acids is 2. The van der Waals surface area contributed by atoms with Crippen molar-refractivity contribution >= 4 is 11.9 Å². The van der Waals surface area contributed by atoms with Crippen LogP contribution >= 0.6 is 0 Å². The van der Waals surface area contributed by atoms with E-state index in [9.17, 15) is 9.59 Å². The average molecular weight is 288 g/mol. The second-order valence-electron chi connectivity index (χ2n) is 4.77. The molecule has 1 atom stereocenters. The largest absolute Gasteiger partial charge is 0.484 e. The van der Waals surface area contributed by atoms with Crippen LogP contribution in [-0.4, -0.2) is 43.6 Å². The van der Waals surface area contributed by atoms with Crippen LogP contribution in [0.15, 0.2) is 24.3 Å². The van der Waals surface area contributed by atoms with Gasteiger partial charge in [0.05, 0.1) is 24.7 Å². The predicted molar refractivity (Wildman–Crippen MR) is 73.4 cm³/mol. The molecule has 0 radical (unpaired) electrons. The standard InChI is InChI=1S/C15H16N2O4/c1-20-15(19)12-6-7-17(9-12)14(18)10-21-13-4-2-11(8-16)3-5-13/h2-5,12H,6-7,9-10H2,1H3. The van der Waals surface area contributed by atoms with Crippen molar-refractivity contribution < 1.29 is 19.1 Å². The Bertz CT molecular complexity index is 562. The molecule has 1 amide bonds. The number of benzene rings is 1. The van der Waals surface area contributed by atoms with Gasteiger partial charge in [-0.25, -0.2) is 0 Å². The minimum Gasteiger partial charge on any atom is -0.484 e. The Morgan fingerprint density at radius 2 is 2.10 bits per heavy atom. The van der Waals surface area contributed by atoms with Gasteiger partial charge in [-0.05, 0) is 30.7 Å². The van der Waals surface area contributed by atoms with Gasteiger partial charge in [-0.3, -0.25) is 9.59 Å². The Labute approximate surface area is 122 Å². The maximum absolute atomic E-state index is 12.0. The first-order chi connectivity index (χ1) is 10.1.